The standard InChI is InChI=1S/C23H26N2O6/c1-23(2)30-16-20(24-10-13-28-14-11-24)22(31-23)21(17-7-4-3-5-8-17)19(25(26)27)15-18-9-6-12-29-18/h3-9,12,15-16,21-22H,10-11,13-14H2,1-2H3/b19-15+/t21-,22?/m1/s1. The van der Waals surface area contributed by atoms with Crippen LogP contribution >= 0.6 is 0 Å². The minimum atomic E-state index is -0.931. The molecule has 2 aliphatic rings. The molecule has 0 spiro atoms. The van der Waals surface area contributed by atoms with Gasteiger partial charge in [-0.1, -0.05) is 30.3 Å². The summed E-state index contributed by atoms with van der Waals surface area (Å²) in [5.41, 5.74) is 1.53. The van der Waals surface area contributed by atoms with E-state index in [1.54, 1.807) is 32.2 Å². The molecule has 0 radical (unpaired) electrons. The lowest BCUT2D eigenvalue weighted by Gasteiger charge is -2.43. The highest BCUT2D eigenvalue weighted by Gasteiger charge is 2.45. The Balaban J connectivity index is 1.83. The molecular formula is C23H26N2O6. The summed E-state index contributed by atoms with van der Waals surface area (Å²) in [7, 11) is 0. The van der Waals surface area contributed by atoms with E-state index >= 15 is 0 Å². The third kappa shape index (κ3) is 4.81. The van der Waals surface area contributed by atoms with Crippen molar-refractivity contribution in [2.45, 2.75) is 31.7 Å². The van der Waals surface area contributed by atoms with Gasteiger partial charge in [-0.05, 0) is 17.7 Å². The van der Waals surface area contributed by atoms with Crippen molar-refractivity contribution < 1.29 is 23.6 Å². The average molecular weight is 426 g/mol. The highest BCUT2D eigenvalue weighted by Crippen LogP contribution is 2.40. The molecule has 0 aliphatic carbocycles. The molecule has 1 fully saturated rings. The van der Waals surface area contributed by atoms with Gasteiger partial charge in [0.05, 0.1) is 36.2 Å². The minimum Gasteiger partial charge on any atom is -0.469 e. The van der Waals surface area contributed by atoms with Crippen molar-refractivity contribution in [3.8, 4) is 0 Å². The second kappa shape index (κ2) is 8.95. The third-order valence-corrected chi connectivity index (χ3v) is 5.37. The number of benzene rings is 1. The van der Waals surface area contributed by atoms with Gasteiger partial charge in [0, 0.05) is 26.9 Å². The molecule has 1 saturated heterocycles. The number of ether oxygens (including phenoxy) is 3. The minimum absolute atomic E-state index is 0.0111. The molecule has 0 amide bonds. The van der Waals surface area contributed by atoms with Crippen LogP contribution in [0, 0.1) is 10.1 Å². The number of nitro groups is 1. The van der Waals surface area contributed by atoms with Crippen LogP contribution < -0.4 is 0 Å². The molecule has 4 rings (SSSR count). The highest BCUT2D eigenvalue weighted by atomic mass is 16.7. The molecule has 0 saturated carbocycles. The monoisotopic (exact) mass is 426 g/mol. The van der Waals surface area contributed by atoms with Crippen molar-refractivity contribution in [3.05, 3.63) is 87.8 Å². The van der Waals surface area contributed by atoms with Crippen LogP contribution in [0.25, 0.3) is 6.08 Å². The van der Waals surface area contributed by atoms with Gasteiger partial charge in [-0.15, -0.1) is 0 Å². The van der Waals surface area contributed by atoms with Gasteiger partial charge in [-0.2, -0.15) is 0 Å². The lowest BCUT2D eigenvalue weighted by Crippen LogP contribution is -2.48. The maximum Gasteiger partial charge on any atom is 0.260 e. The lowest BCUT2D eigenvalue weighted by atomic mass is 9.87. The number of nitrogens with zero attached hydrogens (tertiary/aromatic N) is 2. The summed E-state index contributed by atoms with van der Waals surface area (Å²) in [5, 5.41) is 12.3. The van der Waals surface area contributed by atoms with Crippen LogP contribution in [0.1, 0.15) is 31.1 Å². The molecule has 3 heterocycles. The Morgan fingerprint density at radius 1 is 1.19 bits per heavy atom. The Hall–Kier alpha value is -3.10. The zero-order valence-electron chi connectivity index (χ0n) is 17.6. The van der Waals surface area contributed by atoms with Crippen LogP contribution in [0.15, 0.2) is 70.8 Å². The van der Waals surface area contributed by atoms with E-state index < -0.39 is 17.8 Å². The van der Waals surface area contributed by atoms with Gasteiger partial charge in [0.15, 0.2) is 0 Å². The van der Waals surface area contributed by atoms with Crippen LogP contribution in [-0.2, 0) is 14.2 Å². The van der Waals surface area contributed by atoms with Crippen molar-refractivity contribution in [1.82, 2.24) is 4.90 Å². The van der Waals surface area contributed by atoms with Crippen LogP contribution in [0.3, 0.4) is 0 Å². The van der Waals surface area contributed by atoms with E-state index in [9.17, 15) is 10.1 Å². The van der Waals surface area contributed by atoms with Gasteiger partial charge in [0.2, 0.25) is 5.79 Å². The summed E-state index contributed by atoms with van der Waals surface area (Å²) in [4.78, 5) is 14.0. The average Bonchev–Trinajstić information content (AvgIpc) is 3.27. The van der Waals surface area contributed by atoms with Crippen LogP contribution in [0.2, 0.25) is 0 Å². The van der Waals surface area contributed by atoms with Crippen molar-refractivity contribution >= 4 is 6.08 Å². The van der Waals surface area contributed by atoms with Gasteiger partial charge >= 0.3 is 0 Å². The van der Waals surface area contributed by atoms with Crippen LogP contribution in [-0.4, -0.2) is 48.0 Å². The zero-order valence-corrected chi connectivity index (χ0v) is 17.6. The van der Waals surface area contributed by atoms with Crippen molar-refractivity contribution in [2.24, 2.45) is 0 Å². The number of rotatable bonds is 6. The lowest BCUT2D eigenvalue weighted by molar-refractivity contribution is -0.431. The first-order chi connectivity index (χ1) is 14.9. The number of hydrogen-bond donors (Lipinski definition) is 0. The molecule has 1 aromatic heterocycles. The van der Waals surface area contributed by atoms with Crippen molar-refractivity contribution in [3.63, 3.8) is 0 Å². The fourth-order valence-electron chi connectivity index (χ4n) is 3.91. The van der Waals surface area contributed by atoms with Gasteiger partial charge in [-0.25, -0.2) is 0 Å². The van der Waals surface area contributed by atoms with Gasteiger partial charge in [0.25, 0.3) is 5.70 Å². The first kappa shape index (κ1) is 21.1. The smallest absolute Gasteiger partial charge is 0.260 e. The Bertz CT molecular complexity index is 946. The largest absolute Gasteiger partial charge is 0.469 e. The molecule has 8 heteroatoms. The predicted octanol–water partition coefficient (Wildman–Crippen LogP) is 4.01. The van der Waals surface area contributed by atoms with E-state index in [1.807, 2.05) is 30.3 Å². The first-order valence-electron chi connectivity index (χ1n) is 10.3. The molecule has 2 atom stereocenters. The molecule has 2 aromatic rings. The second-order valence-corrected chi connectivity index (χ2v) is 7.93. The zero-order chi connectivity index (χ0) is 21.8. The predicted molar refractivity (Wildman–Crippen MR) is 113 cm³/mol. The molecule has 164 valence electrons. The maximum absolute atomic E-state index is 12.3. The number of morpholine rings is 1. The summed E-state index contributed by atoms with van der Waals surface area (Å²) in [6.07, 6.45) is 4.02. The molecule has 1 unspecified atom stereocenters. The van der Waals surface area contributed by atoms with Gasteiger partial charge < -0.3 is 23.5 Å². The number of hydrogen-bond acceptors (Lipinski definition) is 7. The third-order valence-electron chi connectivity index (χ3n) is 5.37. The molecule has 8 nitrogen and oxygen atoms in total. The van der Waals surface area contributed by atoms with Crippen LogP contribution in [0.5, 0.6) is 0 Å². The van der Waals surface area contributed by atoms with E-state index in [2.05, 4.69) is 4.90 Å². The molecular weight excluding hydrogens is 400 g/mol. The van der Waals surface area contributed by atoms with Crippen LogP contribution in [0.4, 0.5) is 0 Å². The van der Waals surface area contributed by atoms with E-state index in [0.29, 0.717) is 32.1 Å². The highest BCUT2D eigenvalue weighted by molar-refractivity contribution is 5.49. The number of furan rings is 1. The van der Waals surface area contributed by atoms with Crippen molar-refractivity contribution in [1.29, 1.82) is 0 Å². The fraction of sp³-hybridized carbons (Fsp3) is 0.391. The fourth-order valence-corrected chi connectivity index (χ4v) is 3.91. The SMILES string of the molecule is CC1(C)OC=C(N2CCOCC2)C([C@@H](/C(=C\c2ccco2)[N+](=O)[O-])c2ccccc2)O1. The Kier molecular flexibility index (Phi) is 6.11. The molecule has 31 heavy (non-hydrogen) atoms. The van der Waals surface area contributed by atoms with E-state index in [1.165, 1.54) is 12.3 Å². The van der Waals surface area contributed by atoms with E-state index in [-0.39, 0.29) is 10.6 Å². The summed E-state index contributed by atoms with van der Waals surface area (Å²) < 4.78 is 23.0. The summed E-state index contributed by atoms with van der Waals surface area (Å²) >= 11 is 0. The summed E-state index contributed by atoms with van der Waals surface area (Å²) in [6.45, 7) is 6.08. The molecule has 0 bridgehead atoms. The Labute approximate surface area is 180 Å². The first-order valence-corrected chi connectivity index (χ1v) is 10.3. The normalized spacial score (nSPS) is 22.4. The van der Waals surface area contributed by atoms with E-state index in [4.69, 9.17) is 18.6 Å². The van der Waals surface area contributed by atoms with Gasteiger partial charge in [-0.3, -0.25) is 10.1 Å². The second-order valence-electron chi connectivity index (χ2n) is 7.93. The quantitative estimate of drug-likeness (QED) is 0.509. The molecule has 1 aromatic carbocycles. The van der Waals surface area contributed by atoms with Gasteiger partial charge in [0.1, 0.15) is 24.0 Å². The van der Waals surface area contributed by atoms with Crippen molar-refractivity contribution in [2.75, 3.05) is 26.3 Å². The maximum atomic E-state index is 12.3. The molecule has 0 N–H and O–H groups in total. The summed E-state index contributed by atoms with van der Waals surface area (Å²) in [5.74, 6) is -1.20. The van der Waals surface area contributed by atoms with E-state index in [0.717, 1.165) is 11.3 Å². The Morgan fingerprint density at radius 2 is 1.94 bits per heavy atom. The topological polar surface area (TPSA) is 87.2 Å². The summed E-state index contributed by atoms with van der Waals surface area (Å²) in [6, 6.07) is 12.8. The molecule has 2 aliphatic heterocycles. The Morgan fingerprint density at radius 3 is 2.58 bits per heavy atom.